The van der Waals surface area contributed by atoms with Crippen molar-refractivity contribution in [1.82, 2.24) is 10.2 Å². The first-order chi connectivity index (χ1) is 9.43. The molecule has 5 heteroatoms. The molecule has 0 radical (unpaired) electrons. The standard InChI is InChI=1S/C15H22N2O3/c1-11(2)14(12-7-5-4-6-8-12)17(3)15(20)16-10-9-13(18)19/h4-8,11,14H,9-10H2,1-3H3,(H,16,20)(H,18,19). The highest BCUT2D eigenvalue weighted by Crippen LogP contribution is 2.27. The third-order valence-corrected chi connectivity index (χ3v) is 3.13. The second-order valence-corrected chi connectivity index (χ2v) is 5.09. The van der Waals surface area contributed by atoms with Gasteiger partial charge in [-0.1, -0.05) is 44.2 Å². The van der Waals surface area contributed by atoms with Gasteiger partial charge in [0.05, 0.1) is 12.5 Å². The van der Waals surface area contributed by atoms with Crippen molar-refractivity contribution in [2.45, 2.75) is 26.3 Å². The maximum Gasteiger partial charge on any atom is 0.317 e. The lowest BCUT2D eigenvalue weighted by Gasteiger charge is -2.31. The molecule has 1 atom stereocenters. The number of carbonyl (C=O) groups excluding carboxylic acids is 1. The third kappa shape index (κ3) is 4.57. The summed E-state index contributed by atoms with van der Waals surface area (Å²) < 4.78 is 0. The number of carboxylic acid groups (broad SMARTS) is 1. The molecule has 20 heavy (non-hydrogen) atoms. The molecule has 0 aliphatic heterocycles. The molecule has 2 amide bonds. The van der Waals surface area contributed by atoms with Crippen molar-refractivity contribution in [2.24, 2.45) is 5.92 Å². The molecule has 5 nitrogen and oxygen atoms in total. The molecular formula is C15H22N2O3. The monoisotopic (exact) mass is 278 g/mol. The van der Waals surface area contributed by atoms with Crippen LogP contribution in [0.2, 0.25) is 0 Å². The van der Waals surface area contributed by atoms with Crippen LogP contribution in [0.3, 0.4) is 0 Å². The van der Waals surface area contributed by atoms with Crippen molar-refractivity contribution in [3.8, 4) is 0 Å². The number of hydrogen-bond donors (Lipinski definition) is 2. The van der Waals surface area contributed by atoms with Gasteiger partial charge >= 0.3 is 12.0 Å². The van der Waals surface area contributed by atoms with E-state index in [1.807, 2.05) is 30.3 Å². The van der Waals surface area contributed by atoms with Gasteiger partial charge in [0.2, 0.25) is 0 Å². The van der Waals surface area contributed by atoms with Crippen molar-refractivity contribution in [3.05, 3.63) is 35.9 Å². The van der Waals surface area contributed by atoms with Crippen molar-refractivity contribution in [3.63, 3.8) is 0 Å². The van der Waals surface area contributed by atoms with E-state index in [4.69, 9.17) is 5.11 Å². The zero-order chi connectivity index (χ0) is 15.1. The van der Waals surface area contributed by atoms with Gasteiger partial charge in [0.15, 0.2) is 0 Å². The molecule has 0 aromatic heterocycles. The summed E-state index contributed by atoms with van der Waals surface area (Å²) in [5.41, 5.74) is 1.07. The van der Waals surface area contributed by atoms with Gasteiger partial charge in [0.25, 0.3) is 0 Å². The Morgan fingerprint density at radius 2 is 1.85 bits per heavy atom. The molecule has 1 aromatic carbocycles. The van der Waals surface area contributed by atoms with E-state index in [-0.39, 0.29) is 31.0 Å². The molecule has 1 rings (SSSR count). The highest BCUT2D eigenvalue weighted by atomic mass is 16.4. The van der Waals surface area contributed by atoms with Gasteiger partial charge in [-0.05, 0) is 11.5 Å². The smallest absolute Gasteiger partial charge is 0.317 e. The van der Waals surface area contributed by atoms with E-state index < -0.39 is 5.97 Å². The van der Waals surface area contributed by atoms with E-state index in [0.717, 1.165) is 5.56 Å². The molecule has 110 valence electrons. The van der Waals surface area contributed by atoms with Crippen LogP contribution in [0.1, 0.15) is 31.9 Å². The molecule has 1 aromatic rings. The molecule has 2 N–H and O–H groups in total. The fourth-order valence-electron chi connectivity index (χ4n) is 2.23. The number of carboxylic acids is 1. The normalized spacial score (nSPS) is 12.0. The van der Waals surface area contributed by atoms with Gasteiger partial charge in [-0.15, -0.1) is 0 Å². The second-order valence-electron chi connectivity index (χ2n) is 5.09. The fraction of sp³-hybridized carbons (Fsp3) is 0.467. The van der Waals surface area contributed by atoms with E-state index in [1.54, 1.807) is 11.9 Å². The van der Waals surface area contributed by atoms with E-state index >= 15 is 0 Å². The van der Waals surface area contributed by atoms with Crippen LogP contribution in [0.5, 0.6) is 0 Å². The number of nitrogens with zero attached hydrogens (tertiary/aromatic N) is 1. The minimum Gasteiger partial charge on any atom is -0.481 e. The largest absolute Gasteiger partial charge is 0.481 e. The molecular weight excluding hydrogens is 256 g/mol. The summed E-state index contributed by atoms with van der Waals surface area (Å²) in [6, 6.07) is 9.52. The molecule has 0 heterocycles. The van der Waals surface area contributed by atoms with Crippen LogP contribution in [0.15, 0.2) is 30.3 Å². The summed E-state index contributed by atoms with van der Waals surface area (Å²) in [6.07, 6.45) is -0.0722. The minimum atomic E-state index is -0.920. The number of hydrogen-bond acceptors (Lipinski definition) is 2. The van der Waals surface area contributed by atoms with Crippen LogP contribution in [0.25, 0.3) is 0 Å². The van der Waals surface area contributed by atoms with Crippen LogP contribution in [0.4, 0.5) is 4.79 Å². The van der Waals surface area contributed by atoms with Crippen molar-refractivity contribution >= 4 is 12.0 Å². The van der Waals surface area contributed by atoms with Gasteiger partial charge in [0, 0.05) is 13.6 Å². The minimum absolute atomic E-state index is 0.0407. The Labute approximate surface area is 119 Å². The Hall–Kier alpha value is -2.04. The highest BCUT2D eigenvalue weighted by molar-refractivity contribution is 5.75. The Balaban J connectivity index is 2.72. The molecule has 0 spiro atoms. The second kappa shape index (κ2) is 7.53. The molecule has 0 bridgehead atoms. The summed E-state index contributed by atoms with van der Waals surface area (Å²) in [7, 11) is 1.73. The van der Waals surface area contributed by atoms with Crippen LogP contribution in [0, 0.1) is 5.92 Å². The van der Waals surface area contributed by atoms with Crippen LogP contribution in [-0.2, 0) is 4.79 Å². The van der Waals surface area contributed by atoms with Gasteiger partial charge in [-0.25, -0.2) is 4.79 Å². The van der Waals surface area contributed by atoms with Crippen LogP contribution < -0.4 is 5.32 Å². The molecule has 0 aliphatic rings. The average molecular weight is 278 g/mol. The number of nitrogens with one attached hydrogen (secondary N) is 1. The van der Waals surface area contributed by atoms with E-state index in [0.29, 0.717) is 0 Å². The molecule has 0 fully saturated rings. The summed E-state index contributed by atoms with van der Waals surface area (Å²) in [5, 5.41) is 11.2. The Kier molecular flexibility index (Phi) is 6.03. The Morgan fingerprint density at radius 3 is 2.35 bits per heavy atom. The van der Waals surface area contributed by atoms with Crippen LogP contribution in [-0.4, -0.2) is 35.6 Å². The van der Waals surface area contributed by atoms with E-state index in [9.17, 15) is 9.59 Å². The summed E-state index contributed by atoms with van der Waals surface area (Å²) in [6.45, 7) is 4.25. The van der Waals surface area contributed by atoms with Crippen molar-refractivity contribution in [1.29, 1.82) is 0 Å². The van der Waals surface area contributed by atoms with Gasteiger partial charge in [-0.2, -0.15) is 0 Å². The maximum atomic E-state index is 12.1. The zero-order valence-electron chi connectivity index (χ0n) is 12.2. The summed E-state index contributed by atoms with van der Waals surface area (Å²) in [5.74, 6) is -0.663. The topological polar surface area (TPSA) is 69.6 Å². The predicted molar refractivity (Wildman–Crippen MR) is 77.4 cm³/mol. The predicted octanol–water partition coefficient (Wildman–Crippen LogP) is 2.50. The maximum absolute atomic E-state index is 12.1. The lowest BCUT2D eigenvalue weighted by molar-refractivity contribution is -0.136. The average Bonchev–Trinajstić information content (AvgIpc) is 2.39. The van der Waals surface area contributed by atoms with Gasteiger partial charge < -0.3 is 15.3 Å². The molecule has 0 saturated heterocycles. The van der Waals surface area contributed by atoms with E-state index in [2.05, 4.69) is 19.2 Å². The first-order valence-corrected chi connectivity index (χ1v) is 6.71. The number of amides is 2. The zero-order valence-corrected chi connectivity index (χ0v) is 12.2. The lowest BCUT2D eigenvalue weighted by atomic mass is 9.95. The number of aliphatic carboxylic acids is 1. The molecule has 0 saturated carbocycles. The Bertz CT molecular complexity index is 446. The van der Waals surface area contributed by atoms with Gasteiger partial charge in [0.1, 0.15) is 0 Å². The molecule has 0 aliphatic carbocycles. The van der Waals surface area contributed by atoms with Gasteiger partial charge in [-0.3, -0.25) is 4.79 Å². The SMILES string of the molecule is CC(C)C(c1ccccc1)N(C)C(=O)NCCC(=O)O. The fourth-order valence-corrected chi connectivity index (χ4v) is 2.23. The number of rotatable bonds is 6. The van der Waals surface area contributed by atoms with Crippen LogP contribution >= 0.6 is 0 Å². The number of urea groups is 1. The quantitative estimate of drug-likeness (QED) is 0.840. The Morgan fingerprint density at radius 1 is 1.25 bits per heavy atom. The van der Waals surface area contributed by atoms with Crippen molar-refractivity contribution < 1.29 is 14.7 Å². The lowest BCUT2D eigenvalue weighted by Crippen LogP contribution is -2.42. The third-order valence-electron chi connectivity index (χ3n) is 3.13. The first kappa shape index (κ1) is 16.0. The first-order valence-electron chi connectivity index (χ1n) is 6.71. The van der Waals surface area contributed by atoms with E-state index in [1.165, 1.54) is 0 Å². The molecule has 1 unspecified atom stereocenters. The van der Waals surface area contributed by atoms with Crippen molar-refractivity contribution in [2.75, 3.05) is 13.6 Å². The number of benzene rings is 1. The summed E-state index contributed by atoms with van der Waals surface area (Å²) >= 11 is 0. The highest BCUT2D eigenvalue weighted by Gasteiger charge is 2.24. The number of carbonyl (C=O) groups is 2. The summed E-state index contributed by atoms with van der Waals surface area (Å²) in [4.78, 5) is 24.1.